The fourth-order valence-corrected chi connectivity index (χ4v) is 7.11. The summed E-state index contributed by atoms with van der Waals surface area (Å²) >= 11 is 3.60. The first-order chi connectivity index (χ1) is 13.3. The van der Waals surface area contributed by atoms with Gasteiger partial charge in [0.15, 0.2) is 0 Å². The molecule has 0 unspecified atom stereocenters. The van der Waals surface area contributed by atoms with Crippen LogP contribution in [0.15, 0.2) is 24.5 Å². The van der Waals surface area contributed by atoms with Crippen molar-refractivity contribution in [2.24, 2.45) is 0 Å². The van der Waals surface area contributed by atoms with Crippen LogP contribution in [0.2, 0.25) is 0 Å². The van der Waals surface area contributed by atoms with Gasteiger partial charge in [-0.1, -0.05) is 0 Å². The van der Waals surface area contributed by atoms with Crippen molar-refractivity contribution in [2.75, 3.05) is 25.1 Å². The highest BCUT2D eigenvalue weighted by atomic mass is 32.2. The number of carbonyl (C=O) groups is 1. The predicted molar refractivity (Wildman–Crippen MR) is 117 cm³/mol. The van der Waals surface area contributed by atoms with E-state index in [2.05, 4.69) is 5.32 Å². The van der Waals surface area contributed by atoms with E-state index >= 15 is 0 Å². The molecule has 0 fully saturated rings. The van der Waals surface area contributed by atoms with Crippen LogP contribution < -0.4 is 5.32 Å². The molecule has 28 heavy (non-hydrogen) atoms. The van der Waals surface area contributed by atoms with Gasteiger partial charge in [0.1, 0.15) is 5.00 Å². The van der Waals surface area contributed by atoms with Crippen molar-refractivity contribution in [2.45, 2.75) is 38.5 Å². The molecule has 0 aromatic carbocycles. The molecule has 9 heteroatoms. The number of rotatable bonds is 8. The quantitative estimate of drug-likeness (QED) is 0.639. The molecule has 0 spiro atoms. The molecule has 0 saturated carbocycles. The first-order valence-electron chi connectivity index (χ1n) is 9.39. The number of thioether (sulfide) groups is 1. The van der Waals surface area contributed by atoms with Crippen LogP contribution >= 0.6 is 23.1 Å². The SMILES string of the molecule is CC(C)N(CCCNC(=O)c1c(-n2cccc2)sc2c1CCSC2)S(C)(=O)=O. The lowest BCUT2D eigenvalue weighted by atomic mass is 10.1. The standard InChI is InChI=1S/C19H27N3O3S3/c1-14(2)22(28(3,24)25)11-6-8-20-18(23)17-15-7-12-26-13-16(15)27-19(17)21-9-4-5-10-21/h4-5,9-10,14H,6-8,11-13H2,1-3H3,(H,20,23). The van der Waals surface area contributed by atoms with E-state index in [9.17, 15) is 13.2 Å². The van der Waals surface area contributed by atoms with Crippen molar-refractivity contribution in [1.82, 2.24) is 14.2 Å². The molecule has 1 aliphatic heterocycles. The second kappa shape index (κ2) is 9.02. The Labute approximate surface area is 175 Å². The highest BCUT2D eigenvalue weighted by Crippen LogP contribution is 2.38. The second-order valence-electron chi connectivity index (χ2n) is 7.15. The van der Waals surface area contributed by atoms with Crippen molar-refractivity contribution in [3.05, 3.63) is 40.5 Å². The summed E-state index contributed by atoms with van der Waals surface area (Å²) in [5.41, 5.74) is 1.95. The van der Waals surface area contributed by atoms with Gasteiger partial charge in [0.05, 0.1) is 11.8 Å². The van der Waals surface area contributed by atoms with Crippen molar-refractivity contribution in [3.8, 4) is 5.00 Å². The van der Waals surface area contributed by atoms with E-state index in [0.29, 0.717) is 19.5 Å². The van der Waals surface area contributed by atoms with Gasteiger partial charge in [0.25, 0.3) is 5.91 Å². The van der Waals surface area contributed by atoms with E-state index < -0.39 is 10.0 Å². The fraction of sp³-hybridized carbons (Fsp3) is 0.526. The average molecular weight is 442 g/mol. The minimum absolute atomic E-state index is 0.0662. The molecule has 0 bridgehead atoms. The topological polar surface area (TPSA) is 71.4 Å². The minimum atomic E-state index is -3.24. The van der Waals surface area contributed by atoms with E-state index in [4.69, 9.17) is 0 Å². The van der Waals surface area contributed by atoms with E-state index in [1.54, 1.807) is 11.3 Å². The molecule has 2 aromatic rings. The number of hydrogen-bond donors (Lipinski definition) is 1. The number of sulfonamides is 1. The molecule has 1 amide bonds. The van der Waals surface area contributed by atoms with Gasteiger partial charge >= 0.3 is 0 Å². The molecule has 1 N–H and O–H groups in total. The van der Waals surface area contributed by atoms with Crippen LogP contribution in [0.5, 0.6) is 0 Å². The third-order valence-corrected chi connectivity index (χ3v) is 8.58. The van der Waals surface area contributed by atoms with Crippen molar-refractivity contribution >= 4 is 39.0 Å². The zero-order valence-corrected chi connectivity index (χ0v) is 18.9. The smallest absolute Gasteiger partial charge is 0.254 e. The van der Waals surface area contributed by atoms with Gasteiger partial charge < -0.3 is 9.88 Å². The minimum Gasteiger partial charge on any atom is -0.352 e. The summed E-state index contributed by atoms with van der Waals surface area (Å²) < 4.78 is 27.2. The van der Waals surface area contributed by atoms with Gasteiger partial charge in [0.2, 0.25) is 10.0 Å². The zero-order valence-electron chi connectivity index (χ0n) is 16.5. The number of nitrogens with one attached hydrogen (secondary N) is 1. The van der Waals surface area contributed by atoms with E-state index in [-0.39, 0.29) is 11.9 Å². The summed E-state index contributed by atoms with van der Waals surface area (Å²) in [4.78, 5) is 14.3. The number of amides is 1. The van der Waals surface area contributed by atoms with Crippen molar-refractivity contribution in [1.29, 1.82) is 0 Å². The number of thiophene rings is 1. The van der Waals surface area contributed by atoms with Gasteiger partial charge in [0, 0.05) is 42.2 Å². The molecule has 0 radical (unpaired) electrons. The van der Waals surface area contributed by atoms with Gasteiger partial charge in [-0.2, -0.15) is 16.1 Å². The van der Waals surface area contributed by atoms with Crippen LogP contribution in [0.4, 0.5) is 0 Å². The third kappa shape index (κ3) is 4.82. The van der Waals surface area contributed by atoms with E-state index in [1.165, 1.54) is 21.0 Å². The molecule has 0 saturated heterocycles. The van der Waals surface area contributed by atoms with Gasteiger partial charge in [-0.3, -0.25) is 4.79 Å². The first-order valence-corrected chi connectivity index (χ1v) is 13.2. The number of aromatic nitrogens is 1. The number of hydrogen-bond acceptors (Lipinski definition) is 5. The van der Waals surface area contributed by atoms with Crippen LogP contribution in [0.3, 0.4) is 0 Å². The van der Waals surface area contributed by atoms with Crippen LogP contribution in [-0.2, 0) is 22.2 Å². The molecule has 3 rings (SSSR count). The molecule has 3 heterocycles. The Balaban J connectivity index is 1.70. The molecule has 154 valence electrons. The summed E-state index contributed by atoms with van der Waals surface area (Å²) in [7, 11) is -3.24. The Hall–Kier alpha value is -1.29. The molecule has 2 aromatic heterocycles. The van der Waals surface area contributed by atoms with Crippen LogP contribution in [0, 0.1) is 0 Å². The number of fused-ring (bicyclic) bond motifs is 1. The highest BCUT2D eigenvalue weighted by Gasteiger charge is 2.26. The fourth-order valence-electron chi connectivity index (χ4n) is 3.44. The molecule has 1 aliphatic rings. The molecular formula is C19H27N3O3S3. The van der Waals surface area contributed by atoms with Crippen LogP contribution in [0.1, 0.15) is 41.1 Å². The first kappa shape index (κ1) is 21.4. The Morgan fingerprint density at radius 2 is 2.04 bits per heavy atom. The molecule has 0 atom stereocenters. The zero-order chi connectivity index (χ0) is 20.3. The number of nitrogens with zero attached hydrogens (tertiary/aromatic N) is 2. The predicted octanol–water partition coefficient (Wildman–Crippen LogP) is 3.12. The van der Waals surface area contributed by atoms with Gasteiger partial charge in [-0.05, 0) is 50.1 Å². The largest absolute Gasteiger partial charge is 0.352 e. The maximum atomic E-state index is 13.0. The molecule has 6 nitrogen and oxygen atoms in total. The molecule has 0 aliphatic carbocycles. The summed E-state index contributed by atoms with van der Waals surface area (Å²) in [6, 6.07) is 3.83. The maximum absolute atomic E-state index is 13.0. The molecular weight excluding hydrogens is 414 g/mol. The van der Waals surface area contributed by atoms with Crippen LogP contribution in [0.25, 0.3) is 5.00 Å². The highest BCUT2D eigenvalue weighted by molar-refractivity contribution is 7.98. The summed E-state index contributed by atoms with van der Waals surface area (Å²) in [5.74, 6) is 1.93. The van der Waals surface area contributed by atoms with E-state index in [0.717, 1.165) is 28.5 Å². The third-order valence-electron chi connectivity index (χ3n) is 4.71. The lowest BCUT2D eigenvalue weighted by Crippen LogP contribution is -2.38. The maximum Gasteiger partial charge on any atom is 0.254 e. The lowest BCUT2D eigenvalue weighted by molar-refractivity contribution is 0.0952. The van der Waals surface area contributed by atoms with Crippen LogP contribution in [-0.4, -0.2) is 54.3 Å². The normalized spacial score (nSPS) is 14.5. The van der Waals surface area contributed by atoms with Crippen molar-refractivity contribution < 1.29 is 13.2 Å². The Kier molecular flexibility index (Phi) is 6.90. The second-order valence-corrected chi connectivity index (χ2v) is 11.3. The Morgan fingerprint density at radius 3 is 2.68 bits per heavy atom. The monoisotopic (exact) mass is 441 g/mol. The summed E-state index contributed by atoms with van der Waals surface area (Å²) in [6.07, 6.45) is 6.65. The lowest BCUT2D eigenvalue weighted by Gasteiger charge is -2.23. The number of carbonyl (C=O) groups excluding carboxylic acids is 1. The van der Waals surface area contributed by atoms with E-state index in [1.807, 2.05) is 54.7 Å². The Bertz CT molecular complexity index is 918. The summed E-state index contributed by atoms with van der Waals surface area (Å²) in [6.45, 7) is 4.57. The average Bonchev–Trinajstić information content (AvgIpc) is 3.27. The van der Waals surface area contributed by atoms with Crippen molar-refractivity contribution in [3.63, 3.8) is 0 Å². The Morgan fingerprint density at radius 1 is 1.32 bits per heavy atom. The van der Waals surface area contributed by atoms with Gasteiger partial charge in [-0.25, -0.2) is 8.42 Å². The van der Waals surface area contributed by atoms with Gasteiger partial charge in [-0.15, -0.1) is 11.3 Å². The summed E-state index contributed by atoms with van der Waals surface area (Å²) in [5, 5.41) is 3.98.